The number of rotatable bonds is 6. The summed E-state index contributed by atoms with van der Waals surface area (Å²) >= 11 is 8.47. The molecule has 4 aliphatic carbocycles. The Morgan fingerprint density at radius 1 is 1.06 bits per heavy atom. The summed E-state index contributed by atoms with van der Waals surface area (Å²) in [4.78, 5) is 12.1. The Balaban J connectivity index is 1.51. The number of esters is 1. The number of alkyl halides is 2. The number of aliphatic hydroxyl groups is 1. The fourth-order valence-corrected chi connectivity index (χ4v) is 11.6. The molecule has 0 aromatic carbocycles. The Morgan fingerprint density at radius 3 is 2.41 bits per heavy atom. The van der Waals surface area contributed by atoms with Gasteiger partial charge in [0.2, 0.25) is 0 Å². The highest BCUT2D eigenvalue weighted by Gasteiger charge is 2.67. The summed E-state index contributed by atoms with van der Waals surface area (Å²) in [5.41, 5.74) is 0.668. The van der Waals surface area contributed by atoms with E-state index in [2.05, 4.69) is 66.5 Å². The molecule has 11 atom stereocenters. The summed E-state index contributed by atoms with van der Waals surface area (Å²) in [7, 11) is 0. The van der Waals surface area contributed by atoms with E-state index >= 15 is 0 Å². The first-order chi connectivity index (χ1) is 15.8. The van der Waals surface area contributed by atoms with Crippen LogP contribution in [0.4, 0.5) is 0 Å². The molecule has 196 valence electrons. The molecule has 0 aliphatic heterocycles. The van der Waals surface area contributed by atoms with Gasteiger partial charge in [-0.2, -0.15) is 0 Å². The SMILES string of the molecule is CC(=O)O[C@H]1CC[C@]2(C)[C@H]3CC[C@]4(C)[C@@H]([C@H](C)CCC(O)C(C)C)CC[C@H]4[C@@H]3C[C@@H](Br)[C@@]2(Br)C1. The average molecular weight is 605 g/mol. The summed E-state index contributed by atoms with van der Waals surface area (Å²) < 4.78 is 5.70. The largest absolute Gasteiger partial charge is 0.463 e. The first-order valence-corrected chi connectivity index (χ1v) is 15.7. The summed E-state index contributed by atoms with van der Waals surface area (Å²) in [5.74, 6) is 4.02. The number of hydrogen-bond acceptors (Lipinski definition) is 3. The Hall–Kier alpha value is 0.390. The van der Waals surface area contributed by atoms with E-state index in [1.165, 1.54) is 32.1 Å². The predicted molar refractivity (Wildman–Crippen MR) is 146 cm³/mol. The molecule has 0 bridgehead atoms. The maximum absolute atomic E-state index is 11.7. The Bertz CT molecular complexity index is 758. The van der Waals surface area contributed by atoms with E-state index in [9.17, 15) is 9.90 Å². The zero-order valence-corrected chi connectivity index (χ0v) is 25.5. The number of carbonyl (C=O) groups is 1. The summed E-state index contributed by atoms with van der Waals surface area (Å²) in [6.45, 7) is 13.4. The smallest absolute Gasteiger partial charge is 0.302 e. The summed E-state index contributed by atoms with van der Waals surface area (Å²) in [5, 5.41) is 10.4. The molecule has 1 unspecified atom stereocenters. The lowest BCUT2D eigenvalue weighted by atomic mass is 9.44. The van der Waals surface area contributed by atoms with Gasteiger partial charge >= 0.3 is 5.97 Å². The van der Waals surface area contributed by atoms with Crippen LogP contribution in [0.2, 0.25) is 0 Å². The van der Waals surface area contributed by atoms with Gasteiger partial charge in [-0.25, -0.2) is 0 Å². The Morgan fingerprint density at radius 2 is 1.76 bits per heavy atom. The van der Waals surface area contributed by atoms with Crippen molar-refractivity contribution in [1.82, 2.24) is 0 Å². The van der Waals surface area contributed by atoms with E-state index in [0.717, 1.165) is 55.8 Å². The lowest BCUT2D eigenvalue weighted by Crippen LogP contribution is -2.64. The van der Waals surface area contributed by atoms with Crippen LogP contribution in [0.5, 0.6) is 0 Å². The second kappa shape index (κ2) is 9.93. The molecule has 5 heteroatoms. The first kappa shape index (κ1) is 27.4. The van der Waals surface area contributed by atoms with Crippen molar-refractivity contribution < 1.29 is 14.6 Å². The second-order valence-electron chi connectivity index (χ2n) is 13.4. The predicted octanol–water partition coefficient (Wildman–Crippen LogP) is 7.90. The van der Waals surface area contributed by atoms with E-state index in [4.69, 9.17) is 4.74 Å². The van der Waals surface area contributed by atoms with Gasteiger partial charge in [0.25, 0.3) is 0 Å². The van der Waals surface area contributed by atoms with Crippen molar-refractivity contribution in [3.05, 3.63) is 0 Å². The topological polar surface area (TPSA) is 46.5 Å². The van der Waals surface area contributed by atoms with Crippen LogP contribution in [0.15, 0.2) is 0 Å². The number of hydrogen-bond donors (Lipinski definition) is 1. The van der Waals surface area contributed by atoms with E-state index in [0.29, 0.717) is 22.1 Å². The fourth-order valence-electron chi connectivity index (χ4n) is 9.43. The lowest BCUT2D eigenvalue weighted by Gasteiger charge is -2.66. The van der Waals surface area contributed by atoms with Crippen molar-refractivity contribution in [2.24, 2.45) is 46.3 Å². The third-order valence-corrected chi connectivity index (χ3v) is 15.0. The molecule has 4 rings (SSSR count). The van der Waals surface area contributed by atoms with Crippen LogP contribution in [-0.2, 0) is 9.53 Å². The number of fused-ring (bicyclic) bond motifs is 5. The molecule has 4 aliphatic rings. The molecule has 0 saturated heterocycles. The molecule has 0 radical (unpaired) electrons. The van der Waals surface area contributed by atoms with Gasteiger partial charge in [-0.15, -0.1) is 0 Å². The quantitative estimate of drug-likeness (QED) is 0.248. The van der Waals surface area contributed by atoms with Crippen LogP contribution in [0.3, 0.4) is 0 Å². The minimum atomic E-state index is -0.162. The van der Waals surface area contributed by atoms with Crippen molar-refractivity contribution in [2.45, 2.75) is 127 Å². The number of ether oxygens (including phenoxy) is 1. The molecule has 0 heterocycles. The van der Waals surface area contributed by atoms with Crippen LogP contribution >= 0.6 is 31.9 Å². The Labute approximate surface area is 225 Å². The van der Waals surface area contributed by atoms with Gasteiger partial charge in [0.15, 0.2) is 0 Å². The molecule has 4 saturated carbocycles. The van der Waals surface area contributed by atoms with Crippen LogP contribution < -0.4 is 0 Å². The van der Waals surface area contributed by atoms with Crippen LogP contribution in [0.1, 0.15) is 106 Å². The zero-order valence-electron chi connectivity index (χ0n) is 22.3. The normalized spacial score (nSPS) is 47.9. The monoisotopic (exact) mass is 602 g/mol. The van der Waals surface area contributed by atoms with Crippen LogP contribution in [0.25, 0.3) is 0 Å². The third-order valence-electron chi connectivity index (χ3n) is 11.5. The third kappa shape index (κ3) is 4.48. The minimum absolute atomic E-state index is 0.00838. The van der Waals surface area contributed by atoms with Gasteiger partial charge in [0, 0.05) is 22.5 Å². The highest BCUT2D eigenvalue weighted by molar-refractivity contribution is 9.12. The van der Waals surface area contributed by atoms with Gasteiger partial charge in [-0.05, 0) is 104 Å². The van der Waals surface area contributed by atoms with E-state index < -0.39 is 0 Å². The molecule has 4 fully saturated rings. The van der Waals surface area contributed by atoms with Crippen LogP contribution in [0, 0.1) is 46.3 Å². The summed E-state index contributed by atoms with van der Waals surface area (Å²) in [6.07, 6.45) is 11.7. The van der Waals surface area contributed by atoms with E-state index in [1.54, 1.807) is 6.92 Å². The Kier molecular flexibility index (Phi) is 8.01. The van der Waals surface area contributed by atoms with Crippen molar-refractivity contribution in [2.75, 3.05) is 0 Å². The number of halogens is 2. The molecular formula is C29H48Br2O3. The van der Waals surface area contributed by atoms with Crippen LogP contribution in [-0.4, -0.2) is 32.4 Å². The molecule has 0 aromatic rings. The fraction of sp³-hybridized carbons (Fsp3) is 0.966. The molecule has 0 amide bonds. The highest BCUT2D eigenvalue weighted by atomic mass is 79.9. The molecule has 0 spiro atoms. The van der Waals surface area contributed by atoms with Gasteiger partial charge in [-0.1, -0.05) is 66.5 Å². The standard InChI is InChI=1S/C29H48Br2O3/c1-17(2)25(33)10-7-18(3)22-8-9-23-21-15-26(30)29(31)16-20(34-19(4)32)11-14-28(29,6)24(21)12-13-27(22,23)5/h17-18,20-26,33H,7-16H2,1-6H3/t18-,20+,21+,22-,23+,24+,25?,26-,27-,28-,29+/m1/s1. The van der Waals surface area contributed by atoms with E-state index in [1.807, 2.05) is 0 Å². The average Bonchev–Trinajstić information content (AvgIpc) is 3.11. The van der Waals surface area contributed by atoms with Crippen molar-refractivity contribution >= 4 is 37.8 Å². The first-order valence-electron chi connectivity index (χ1n) is 14.0. The van der Waals surface area contributed by atoms with Crippen molar-refractivity contribution in [1.29, 1.82) is 0 Å². The molecule has 0 aromatic heterocycles. The highest BCUT2D eigenvalue weighted by Crippen LogP contribution is 2.71. The zero-order chi connectivity index (χ0) is 25.1. The lowest BCUT2D eigenvalue weighted by molar-refractivity contribution is -0.155. The molecule has 34 heavy (non-hydrogen) atoms. The van der Waals surface area contributed by atoms with Gasteiger partial charge in [-0.3, -0.25) is 4.79 Å². The maximum Gasteiger partial charge on any atom is 0.302 e. The van der Waals surface area contributed by atoms with Gasteiger partial charge in [0.1, 0.15) is 6.10 Å². The van der Waals surface area contributed by atoms with Crippen molar-refractivity contribution in [3.8, 4) is 0 Å². The van der Waals surface area contributed by atoms with E-state index in [-0.39, 0.29) is 27.9 Å². The van der Waals surface area contributed by atoms with Gasteiger partial charge in [0.05, 0.1) is 6.10 Å². The summed E-state index contributed by atoms with van der Waals surface area (Å²) in [6, 6.07) is 0. The number of aliphatic hydroxyl groups excluding tert-OH is 1. The maximum atomic E-state index is 11.7. The molecule has 3 nitrogen and oxygen atoms in total. The number of carbonyl (C=O) groups excluding carboxylic acids is 1. The minimum Gasteiger partial charge on any atom is -0.463 e. The molecular weight excluding hydrogens is 556 g/mol. The van der Waals surface area contributed by atoms with Crippen molar-refractivity contribution in [3.63, 3.8) is 0 Å². The second-order valence-corrected chi connectivity index (χ2v) is 15.9. The van der Waals surface area contributed by atoms with Gasteiger partial charge < -0.3 is 9.84 Å². The molecule has 1 N–H and O–H groups in total.